The van der Waals surface area contributed by atoms with Crippen LogP contribution >= 0.6 is 0 Å². The smallest absolute Gasteiger partial charge is 0.143 e. The van der Waals surface area contributed by atoms with Gasteiger partial charge in [0.2, 0.25) is 0 Å². The number of nitrogens with one attached hydrogen (secondary N) is 3. The van der Waals surface area contributed by atoms with Gasteiger partial charge in [-0.25, -0.2) is 0 Å². The largest absolute Gasteiger partial charge is 0.455 e. The zero-order chi connectivity index (χ0) is 37.0. The Hall–Kier alpha value is -6.76. The number of hydrogen-bond acceptors (Lipinski definition) is 4. The Morgan fingerprint density at radius 1 is 0.375 bits per heavy atom. The number of para-hydroxylation sites is 2. The van der Waals surface area contributed by atoms with E-state index in [4.69, 9.17) is 4.42 Å². The molecule has 2 unspecified atom stereocenters. The van der Waals surface area contributed by atoms with E-state index in [-0.39, 0.29) is 18.5 Å². The number of hydrogen-bond donors (Lipinski definition) is 3. The second kappa shape index (κ2) is 13.5. The van der Waals surface area contributed by atoms with Crippen LogP contribution in [0.4, 0.5) is 0 Å². The van der Waals surface area contributed by atoms with Gasteiger partial charge in [-0.3, -0.25) is 16.0 Å². The topological polar surface area (TPSA) is 54.2 Å². The summed E-state index contributed by atoms with van der Waals surface area (Å²) in [4.78, 5) is 0. The first-order chi connectivity index (χ1) is 27.7. The highest BCUT2D eigenvalue weighted by atomic mass is 16.3. The second-order valence-corrected chi connectivity index (χ2v) is 14.7. The fraction of sp³-hybridized carbons (Fsp3) is 0.0588. The van der Waals surface area contributed by atoms with Crippen molar-refractivity contribution in [3.05, 3.63) is 211 Å². The van der Waals surface area contributed by atoms with Crippen molar-refractivity contribution in [2.24, 2.45) is 0 Å². The van der Waals surface area contributed by atoms with Gasteiger partial charge >= 0.3 is 0 Å². The van der Waals surface area contributed by atoms with Gasteiger partial charge in [0.1, 0.15) is 11.2 Å². The summed E-state index contributed by atoms with van der Waals surface area (Å²) in [7, 11) is 0. The second-order valence-electron chi connectivity index (χ2n) is 14.7. The quantitative estimate of drug-likeness (QED) is 0.160. The van der Waals surface area contributed by atoms with Gasteiger partial charge in [-0.2, -0.15) is 0 Å². The van der Waals surface area contributed by atoms with Crippen molar-refractivity contribution in [3.8, 4) is 27.9 Å². The molecule has 1 fully saturated rings. The number of nitrogens with zero attached hydrogens (tertiary/aromatic N) is 1. The van der Waals surface area contributed by atoms with Crippen LogP contribution in [-0.2, 0) is 0 Å². The predicted molar refractivity (Wildman–Crippen MR) is 229 cm³/mol. The van der Waals surface area contributed by atoms with Gasteiger partial charge in [0, 0.05) is 32.8 Å². The monoisotopic (exact) mass is 722 g/mol. The third kappa shape index (κ3) is 5.61. The summed E-state index contributed by atoms with van der Waals surface area (Å²) >= 11 is 0. The minimum atomic E-state index is -0.0804. The molecule has 0 amide bonds. The maximum atomic E-state index is 6.51. The summed E-state index contributed by atoms with van der Waals surface area (Å²) in [6, 6.07) is 69.3. The van der Waals surface area contributed by atoms with Gasteiger partial charge < -0.3 is 8.98 Å². The molecular formula is C51H38N4O. The molecule has 0 radical (unpaired) electrons. The van der Waals surface area contributed by atoms with Gasteiger partial charge in [-0.1, -0.05) is 158 Å². The van der Waals surface area contributed by atoms with Crippen LogP contribution < -0.4 is 16.0 Å². The molecular weight excluding hydrogens is 685 g/mol. The molecule has 1 saturated heterocycles. The lowest BCUT2D eigenvalue weighted by Gasteiger charge is -2.39. The first kappa shape index (κ1) is 32.7. The van der Waals surface area contributed by atoms with Crippen molar-refractivity contribution in [3.63, 3.8) is 0 Å². The van der Waals surface area contributed by atoms with Crippen molar-refractivity contribution in [2.75, 3.05) is 0 Å². The molecule has 0 bridgehead atoms. The van der Waals surface area contributed by atoms with Gasteiger partial charge in [0.25, 0.3) is 0 Å². The van der Waals surface area contributed by atoms with Gasteiger partial charge in [-0.05, 0) is 69.8 Å². The third-order valence-corrected chi connectivity index (χ3v) is 11.3. The molecule has 0 spiro atoms. The SMILES string of the molecule is c1ccc(-c2ccc3c(c2)c2ccc(-c4cccc5c4oc4ccccc45)cc2n3-c2ccc(C3NC(c4ccccc4)NC(c4ccccc4)N3)cc2)cc1. The highest BCUT2D eigenvalue weighted by Gasteiger charge is 2.29. The number of rotatable bonds is 6. The molecule has 5 nitrogen and oxygen atoms in total. The van der Waals surface area contributed by atoms with Gasteiger partial charge in [-0.15, -0.1) is 0 Å². The number of benzene rings is 8. The zero-order valence-corrected chi connectivity index (χ0v) is 30.6. The molecule has 3 N–H and O–H groups in total. The minimum absolute atomic E-state index is 0.0295. The van der Waals surface area contributed by atoms with Crippen LogP contribution in [0, 0.1) is 0 Å². The molecule has 3 heterocycles. The van der Waals surface area contributed by atoms with Crippen molar-refractivity contribution in [2.45, 2.75) is 18.5 Å². The number of aromatic nitrogens is 1. The lowest BCUT2D eigenvalue weighted by Crippen LogP contribution is -2.54. The van der Waals surface area contributed by atoms with E-state index in [9.17, 15) is 0 Å². The van der Waals surface area contributed by atoms with Crippen LogP contribution in [0.15, 0.2) is 199 Å². The summed E-state index contributed by atoms with van der Waals surface area (Å²) < 4.78 is 8.92. The van der Waals surface area contributed by atoms with Crippen molar-refractivity contribution in [1.82, 2.24) is 20.5 Å². The molecule has 0 aliphatic carbocycles. The van der Waals surface area contributed by atoms with E-state index >= 15 is 0 Å². The molecule has 2 aromatic heterocycles. The normalized spacial score (nSPS) is 17.2. The van der Waals surface area contributed by atoms with E-state index in [1.54, 1.807) is 0 Å². The van der Waals surface area contributed by atoms with Crippen molar-refractivity contribution >= 4 is 43.7 Å². The zero-order valence-electron chi connectivity index (χ0n) is 30.6. The lowest BCUT2D eigenvalue weighted by atomic mass is 10.00. The van der Waals surface area contributed by atoms with E-state index in [1.165, 1.54) is 38.6 Å². The molecule has 268 valence electrons. The van der Waals surface area contributed by atoms with E-state index < -0.39 is 0 Å². The molecule has 11 rings (SSSR count). The summed E-state index contributed by atoms with van der Waals surface area (Å²) in [5, 5.41) is 16.1. The van der Waals surface area contributed by atoms with E-state index in [2.05, 4.69) is 203 Å². The van der Waals surface area contributed by atoms with Gasteiger partial charge in [0.05, 0.1) is 29.5 Å². The molecule has 56 heavy (non-hydrogen) atoms. The molecule has 8 aromatic carbocycles. The van der Waals surface area contributed by atoms with Gasteiger partial charge in [0.15, 0.2) is 0 Å². The van der Waals surface area contributed by atoms with E-state index in [0.29, 0.717) is 0 Å². The highest BCUT2D eigenvalue weighted by Crippen LogP contribution is 2.40. The van der Waals surface area contributed by atoms with Crippen LogP contribution in [0.2, 0.25) is 0 Å². The minimum Gasteiger partial charge on any atom is -0.455 e. The van der Waals surface area contributed by atoms with Crippen LogP contribution in [0.3, 0.4) is 0 Å². The molecule has 1 aliphatic rings. The summed E-state index contributed by atoms with van der Waals surface area (Å²) in [6.07, 6.45) is -0.139. The van der Waals surface area contributed by atoms with Crippen molar-refractivity contribution < 1.29 is 4.42 Å². The predicted octanol–water partition coefficient (Wildman–Crippen LogP) is 12.2. The maximum Gasteiger partial charge on any atom is 0.143 e. The first-order valence-corrected chi connectivity index (χ1v) is 19.3. The number of furan rings is 1. The maximum absolute atomic E-state index is 6.51. The average molecular weight is 723 g/mol. The van der Waals surface area contributed by atoms with E-state index in [1.807, 2.05) is 12.1 Å². The van der Waals surface area contributed by atoms with Crippen molar-refractivity contribution in [1.29, 1.82) is 0 Å². The summed E-state index contributed by atoms with van der Waals surface area (Å²) in [5.41, 5.74) is 13.4. The Kier molecular flexibility index (Phi) is 7.88. The summed E-state index contributed by atoms with van der Waals surface area (Å²) in [6.45, 7) is 0. The fourth-order valence-electron chi connectivity index (χ4n) is 8.58. The average Bonchev–Trinajstić information content (AvgIpc) is 3.82. The Bertz CT molecular complexity index is 2960. The standard InChI is InChI=1S/C51H38N4O/c1-4-13-33(14-5-1)37-26-30-45-44(31-37)41-29-25-38(40-20-12-21-43-42-19-10-11-22-47(42)56-48(40)43)32-46(41)55(45)39-27-23-36(24-28-39)51-53-49(34-15-6-2-7-16-34)52-50(54-51)35-17-8-3-9-18-35/h1-32,49-54H. The Labute approximate surface area is 324 Å². The molecule has 5 heteroatoms. The lowest BCUT2D eigenvalue weighted by molar-refractivity contribution is 0.203. The molecule has 0 saturated carbocycles. The van der Waals surface area contributed by atoms with Crippen LogP contribution in [0.5, 0.6) is 0 Å². The Morgan fingerprint density at radius 3 is 1.66 bits per heavy atom. The van der Waals surface area contributed by atoms with Crippen LogP contribution in [0.1, 0.15) is 35.2 Å². The Balaban J connectivity index is 1.04. The molecule has 10 aromatic rings. The number of fused-ring (bicyclic) bond motifs is 6. The fourth-order valence-corrected chi connectivity index (χ4v) is 8.58. The molecule has 1 aliphatic heterocycles. The first-order valence-electron chi connectivity index (χ1n) is 19.3. The molecule has 2 atom stereocenters. The van der Waals surface area contributed by atoms with E-state index in [0.717, 1.165) is 49.8 Å². The van der Waals surface area contributed by atoms with Crippen LogP contribution in [0.25, 0.3) is 71.7 Å². The Morgan fingerprint density at radius 2 is 0.964 bits per heavy atom. The summed E-state index contributed by atoms with van der Waals surface area (Å²) in [5.74, 6) is 0. The highest BCUT2D eigenvalue weighted by molar-refractivity contribution is 6.13. The third-order valence-electron chi connectivity index (χ3n) is 11.3. The van der Waals surface area contributed by atoms with Crippen LogP contribution in [-0.4, -0.2) is 4.57 Å².